The van der Waals surface area contributed by atoms with Crippen LogP contribution in [0.1, 0.15) is 31.9 Å². The molecule has 1 N–H and O–H groups in total. The number of benzene rings is 3. The van der Waals surface area contributed by atoms with E-state index in [2.05, 4.69) is 41.3 Å². The van der Waals surface area contributed by atoms with Crippen LogP contribution in [0.5, 0.6) is 0 Å². The van der Waals surface area contributed by atoms with Crippen LogP contribution in [-0.2, 0) is 16.1 Å². The van der Waals surface area contributed by atoms with Gasteiger partial charge in [-0.2, -0.15) is 0 Å². The number of amides is 1. The zero-order valence-electron chi connectivity index (χ0n) is 20.4. The van der Waals surface area contributed by atoms with Crippen molar-refractivity contribution in [1.29, 1.82) is 0 Å². The minimum atomic E-state index is -1.01. The Morgan fingerprint density at radius 1 is 0.853 bits per heavy atom. The molecule has 0 bridgehead atoms. The van der Waals surface area contributed by atoms with Crippen molar-refractivity contribution in [3.8, 4) is 11.1 Å². The molecule has 3 rings (SSSR count). The van der Waals surface area contributed by atoms with Crippen LogP contribution in [0.2, 0.25) is 0 Å². The van der Waals surface area contributed by atoms with Gasteiger partial charge in [-0.3, -0.25) is 4.79 Å². The lowest BCUT2D eigenvalue weighted by Gasteiger charge is -2.30. The molecule has 0 aromatic heterocycles. The molecule has 0 aliphatic carbocycles. The van der Waals surface area contributed by atoms with Gasteiger partial charge in [-0.15, -0.1) is 0 Å². The first-order chi connectivity index (χ1) is 16.0. The van der Waals surface area contributed by atoms with Gasteiger partial charge < -0.3 is 14.9 Å². The summed E-state index contributed by atoms with van der Waals surface area (Å²) in [5.74, 6) is -1.01. The third-order valence-electron chi connectivity index (χ3n) is 5.50. The molecule has 3 aromatic rings. The molecule has 1 amide bonds. The van der Waals surface area contributed by atoms with Crippen LogP contribution in [0.15, 0.2) is 78.9 Å². The van der Waals surface area contributed by atoms with Crippen LogP contribution >= 0.6 is 0 Å². The van der Waals surface area contributed by atoms with E-state index in [1.165, 1.54) is 6.08 Å². The van der Waals surface area contributed by atoms with E-state index in [1.807, 2.05) is 71.3 Å². The van der Waals surface area contributed by atoms with Crippen molar-refractivity contribution in [3.05, 3.63) is 90.0 Å². The second kappa shape index (κ2) is 10.4. The predicted octanol–water partition coefficient (Wildman–Crippen LogP) is 6.10. The SMILES string of the molecule is CN(C)c1ccc(-c2ccc(CN(C(=O)C(C)(C)C)c3cccc(C=CC(=O)O)c3)cc2)cc1. The summed E-state index contributed by atoms with van der Waals surface area (Å²) in [5, 5.41) is 8.93. The molecule has 0 spiro atoms. The number of carboxylic acids is 1. The molecule has 0 saturated heterocycles. The smallest absolute Gasteiger partial charge is 0.328 e. The fourth-order valence-corrected chi connectivity index (χ4v) is 3.59. The van der Waals surface area contributed by atoms with Crippen LogP contribution in [0.25, 0.3) is 17.2 Å². The molecular formula is C29H32N2O3. The molecule has 0 aliphatic heterocycles. The van der Waals surface area contributed by atoms with Gasteiger partial charge in [-0.05, 0) is 52.6 Å². The van der Waals surface area contributed by atoms with Crippen molar-refractivity contribution in [2.45, 2.75) is 27.3 Å². The Balaban J connectivity index is 1.88. The van der Waals surface area contributed by atoms with Crippen molar-refractivity contribution in [2.75, 3.05) is 23.9 Å². The number of hydrogen-bond acceptors (Lipinski definition) is 3. The molecule has 0 unspecified atom stereocenters. The minimum absolute atomic E-state index is 0.00443. The topological polar surface area (TPSA) is 60.9 Å². The van der Waals surface area contributed by atoms with Gasteiger partial charge in [0.25, 0.3) is 0 Å². The Labute approximate surface area is 202 Å². The molecular weight excluding hydrogens is 424 g/mol. The van der Waals surface area contributed by atoms with E-state index in [0.717, 1.165) is 39.7 Å². The van der Waals surface area contributed by atoms with Gasteiger partial charge in [0, 0.05) is 37.0 Å². The van der Waals surface area contributed by atoms with Crippen molar-refractivity contribution >= 4 is 29.3 Å². The standard InChI is InChI=1S/C29H32N2O3/c1-29(2,3)28(34)31(26-8-6-7-21(19-26)11-18-27(32)33)20-22-9-12-23(13-10-22)24-14-16-25(17-15-24)30(4)5/h6-19H,20H2,1-5H3,(H,32,33). The lowest BCUT2D eigenvalue weighted by atomic mass is 9.93. The third kappa shape index (κ3) is 6.35. The maximum atomic E-state index is 13.3. The van der Waals surface area contributed by atoms with Crippen LogP contribution < -0.4 is 9.80 Å². The van der Waals surface area contributed by atoms with Crippen LogP contribution in [-0.4, -0.2) is 31.1 Å². The van der Waals surface area contributed by atoms with Crippen molar-refractivity contribution in [3.63, 3.8) is 0 Å². The van der Waals surface area contributed by atoms with E-state index in [-0.39, 0.29) is 5.91 Å². The van der Waals surface area contributed by atoms with Gasteiger partial charge in [0.05, 0.1) is 6.54 Å². The second-order valence-corrected chi connectivity index (χ2v) is 9.55. The fraction of sp³-hybridized carbons (Fsp3) is 0.241. The van der Waals surface area contributed by atoms with E-state index in [1.54, 1.807) is 4.90 Å². The van der Waals surface area contributed by atoms with E-state index in [9.17, 15) is 9.59 Å². The average molecular weight is 457 g/mol. The molecule has 0 fully saturated rings. The summed E-state index contributed by atoms with van der Waals surface area (Å²) in [6.07, 6.45) is 2.63. The zero-order valence-corrected chi connectivity index (χ0v) is 20.4. The molecule has 0 saturated carbocycles. The van der Waals surface area contributed by atoms with Crippen molar-refractivity contribution in [2.24, 2.45) is 5.41 Å². The number of hydrogen-bond donors (Lipinski definition) is 1. The van der Waals surface area contributed by atoms with Crippen molar-refractivity contribution in [1.82, 2.24) is 0 Å². The Bertz CT molecular complexity index is 1170. The molecule has 3 aromatic carbocycles. The summed E-state index contributed by atoms with van der Waals surface area (Å²) in [5.41, 5.74) is 5.30. The van der Waals surface area contributed by atoms with E-state index >= 15 is 0 Å². The van der Waals surface area contributed by atoms with Gasteiger partial charge in [0.1, 0.15) is 0 Å². The summed E-state index contributed by atoms with van der Waals surface area (Å²) in [7, 11) is 4.04. The Hall–Kier alpha value is -3.86. The highest BCUT2D eigenvalue weighted by Gasteiger charge is 2.28. The van der Waals surface area contributed by atoms with Gasteiger partial charge in [-0.25, -0.2) is 4.79 Å². The normalized spacial score (nSPS) is 11.4. The quantitative estimate of drug-likeness (QED) is 0.437. The number of anilines is 2. The Kier molecular flexibility index (Phi) is 7.57. The largest absolute Gasteiger partial charge is 0.478 e. The lowest BCUT2D eigenvalue weighted by Crippen LogP contribution is -2.39. The number of carbonyl (C=O) groups excluding carboxylic acids is 1. The van der Waals surface area contributed by atoms with Gasteiger partial charge >= 0.3 is 5.97 Å². The first-order valence-corrected chi connectivity index (χ1v) is 11.2. The molecule has 0 heterocycles. The third-order valence-corrected chi connectivity index (χ3v) is 5.50. The summed E-state index contributed by atoms with van der Waals surface area (Å²) in [6, 6.07) is 24.0. The second-order valence-electron chi connectivity index (χ2n) is 9.55. The molecule has 34 heavy (non-hydrogen) atoms. The molecule has 0 radical (unpaired) electrons. The van der Waals surface area contributed by atoms with Gasteiger partial charge in [0.2, 0.25) is 5.91 Å². The molecule has 0 aliphatic rings. The van der Waals surface area contributed by atoms with Gasteiger partial charge in [0.15, 0.2) is 0 Å². The van der Waals surface area contributed by atoms with E-state index in [0.29, 0.717) is 6.54 Å². The highest BCUT2D eigenvalue weighted by Crippen LogP contribution is 2.28. The summed E-state index contributed by atoms with van der Waals surface area (Å²) in [4.78, 5) is 28.1. The Morgan fingerprint density at radius 2 is 1.44 bits per heavy atom. The fourth-order valence-electron chi connectivity index (χ4n) is 3.59. The first kappa shape index (κ1) is 24.8. The highest BCUT2D eigenvalue weighted by atomic mass is 16.4. The number of carboxylic acid groups (broad SMARTS) is 1. The molecule has 176 valence electrons. The molecule has 5 nitrogen and oxygen atoms in total. The number of nitrogens with zero attached hydrogens (tertiary/aromatic N) is 2. The maximum Gasteiger partial charge on any atom is 0.328 e. The minimum Gasteiger partial charge on any atom is -0.478 e. The van der Waals surface area contributed by atoms with Crippen LogP contribution in [0.4, 0.5) is 11.4 Å². The number of aliphatic carboxylic acids is 1. The average Bonchev–Trinajstić information content (AvgIpc) is 2.81. The monoisotopic (exact) mass is 456 g/mol. The summed E-state index contributed by atoms with van der Waals surface area (Å²) >= 11 is 0. The maximum absolute atomic E-state index is 13.3. The summed E-state index contributed by atoms with van der Waals surface area (Å²) < 4.78 is 0. The van der Waals surface area contributed by atoms with Crippen LogP contribution in [0.3, 0.4) is 0 Å². The van der Waals surface area contributed by atoms with E-state index in [4.69, 9.17) is 5.11 Å². The first-order valence-electron chi connectivity index (χ1n) is 11.2. The zero-order chi connectivity index (χ0) is 24.9. The van der Waals surface area contributed by atoms with Gasteiger partial charge in [-0.1, -0.05) is 69.3 Å². The molecule has 5 heteroatoms. The number of carbonyl (C=O) groups is 2. The Morgan fingerprint density at radius 3 is 1.97 bits per heavy atom. The number of rotatable bonds is 7. The lowest BCUT2D eigenvalue weighted by molar-refractivity contribution is -0.131. The van der Waals surface area contributed by atoms with E-state index < -0.39 is 11.4 Å². The van der Waals surface area contributed by atoms with Crippen molar-refractivity contribution < 1.29 is 14.7 Å². The predicted molar refractivity (Wildman–Crippen MR) is 140 cm³/mol. The highest BCUT2D eigenvalue weighted by molar-refractivity contribution is 5.97. The summed E-state index contributed by atoms with van der Waals surface area (Å²) in [6.45, 7) is 6.12. The van der Waals surface area contributed by atoms with Crippen LogP contribution in [0, 0.1) is 5.41 Å². The molecule has 0 atom stereocenters.